The van der Waals surface area contributed by atoms with E-state index in [9.17, 15) is 29.4 Å². The summed E-state index contributed by atoms with van der Waals surface area (Å²) >= 11 is 1.10. The molecule has 11 aliphatic rings. The van der Waals surface area contributed by atoms with Crippen LogP contribution < -0.4 is 16.0 Å². The summed E-state index contributed by atoms with van der Waals surface area (Å²) in [6, 6.07) is 2.86. The third kappa shape index (κ3) is 43.7. The number of nitrogens with zero attached hydrogens (tertiary/aromatic N) is 7. The molecule has 3 saturated heterocycles. The van der Waals surface area contributed by atoms with Crippen molar-refractivity contribution in [2.75, 3.05) is 12.7 Å². The van der Waals surface area contributed by atoms with Crippen LogP contribution in [0.15, 0.2) is 205 Å². The van der Waals surface area contributed by atoms with Gasteiger partial charge in [0.2, 0.25) is 11.8 Å². The second-order valence-electron chi connectivity index (χ2n) is 34.2. The first-order valence-electron chi connectivity index (χ1n) is 43.7. The number of ether oxygens (including phenoxy) is 4. The van der Waals surface area contributed by atoms with Gasteiger partial charge in [-0.3, -0.25) is 19.3 Å². The van der Waals surface area contributed by atoms with Gasteiger partial charge in [0.15, 0.2) is 0 Å². The van der Waals surface area contributed by atoms with Gasteiger partial charge < -0.3 is 49.3 Å². The average Bonchev–Trinajstić information content (AvgIpc) is 1.62. The van der Waals surface area contributed by atoms with Crippen molar-refractivity contribution < 1.29 is 52.5 Å². The number of aliphatic carboxylic acids is 1. The maximum atomic E-state index is 11.4. The predicted molar refractivity (Wildman–Crippen MR) is 542 cm³/mol. The fraction of sp³-hybridized carbons (Fsp3) is 0.650. The van der Waals surface area contributed by atoms with Gasteiger partial charge in [0.25, 0.3) is 0 Å². The molecular weight excluding hydrogens is 1600 g/mol. The molecule has 25 atom stereocenters. The SMILES string of the molecule is C.C.C.C.C.C.C.C.C=CC[C@H]1C=C(C(=O)O)C[C@@H](OC(C)C)[C@@H]1NC(C)=O.C=CC[C@H]1C=C(C)C[C@@H](OC(C)C)[C@@H]1NC(C)=O.C=CC[C@H]1C=C(C)C[C@@H]2N[C@H]12.C=CC[C@H]1C=C(C)C[C@H](N=[N+]=[N-])[C@H]1C.C=CC[C@H]1C=C(C)C[C@H](N=[N+]=[N-])[C@H]1O.C=CC[C@H]1C=C(C)C[C@H]2O[C@@H]12.C=CC[C@H]1C=C(C)C[C@H]2[C@@H]1N2C.[2H]B([3H])CSO[C@@H]1CC(C)=C[C@H](CC=C)[C@H]1OC(C)=O. The van der Waals surface area contributed by atoms with E-state index in [1.54, 1.807) is 36.3 Å². The molecule has 5 N–H and O–H groups in total. The summed E-state index contributed by atoms with van der Waals surface area (Å²) in [5.74, 6) is 1.87. The van der Waals surface area contributed by atoms with E-state index in [2.05, 4.69) is 179 Å². The third-order valence-corrected chi connectivity index (χ3v) is 23.5. The lowest BCUT2D eigenvalue weighted by Crippen LogP contribution is -2.51. The van der Waals surface area contributed by atoms with Crippen molar-refractivity contribution in [1.82, 2.24) is 20.9 Å². The maximum Gasteiger partial charge on any atom is 0.331 e. The van der Waals surface area contributed by atoms with Gasteiger partial charge in [-0.1, -0.05) is 213 Å². The number of aliphatic hydroxyl groups excluding tert-OH is 1. The molecule has 0 saturated carbocycles. The van der Waals surface area contributed by atoms with Gasteiger partial charge in [-0.2, -0.15) is 0 Å². The Balaban J connectivity index is -0.000000450. The van der Waals surface area contributed by atoms with Crippen molar-refractivity contribution in [2.45, 2.75) is 369 Å². The highest BCUT2D eigenvalue weighted by Gasteiger charge is 2.50. The average molecular weight is 1780 g/mol. The fourth-order valence-corrected chi connectivity index (χ4v) is 18.2. The highest BCUT2D eigenvalue weighted by molar-refractivity contribution is 7.95. The predicted octanol–water partition coefficient (Wildman–Crippen LogP) is 24.7. The van der Waals surface area contributed by atoms with Crippen molar-refractivity contribution in [3.63, 3.8) is 0 Å². The Morgan fingerprint density at radius 2 is 0.960 bits per heavy atom. The van der Waals surface area contributed by atoms with Gasteiger partial charge in [-0.15, -0.1) is 52.6 Å². The van der Waals surface area contributed by atoms with E-state index in [0.29, 0.717) is 61.2 Å². The molecule has 0 bridgehead atoms. The van der Waals surface area contributed by atoms with Crippen LogP contribution in [0.1, 0.15) is 266 Å². The number of epoxide rings is 1. The number of amides is 2. The molecule has 0 radical (unpaired) electrons. The first-order valence-corrected chi connectivity index (χ1v) is 43.4. The van der Waals surface area contributed by atoms with E-state index in [4.69, 9.17) is 36.9 Å². The van der Waals surface area contributed by atoms with Crippen molar-refractivity contribution >= 4 is 43.6 Å². The monoisotopic (exact) mass is 1780 g/mol. The molecule has 11 rings (SSSR count). The Morgan fingerprint density at radius 3 is 1.46 bits per heavy atom. The summed E-state index contributed by atoms with van der Waals surface area (Å²) in [4.78, 5) is 53.4. The molecule has 716 valence electrons. The van der Waals surface area contributed by atoms with Crippen molar-refractivity contribution in [2.24, 2.45) is 63.5 Å². The second-order valence-corrected chi connectivity index (χ2v) is 34.9. The van der Waals surface area contributed by atoms with Crippen LogP contribution in [0.5, 0.6) is 0 Å². The number of carboxylic acids is 1. The Bertz CT molecular complexity index is 3680. The molecule has 0 aromatic rings. The summed E-state index contributed by atoms with van der Waals surface area (Å²) < 4.78 is 42.7. The Hall–Kier alpha value is -7.53. The minimum absolute atomic E-state index is 0. The van der Waals surface area contributed by atoms with Crippen LogP contribution >= 0.6 is 12.0 Å². The highest BCUT2D eigenvalue weighted by Crippen LogP contribution is 2.44. The first-order chi connectivity index (χ1) is 56.9. The number of esters is 1. The van der Waals surface area contributed by atoms with E-state index >= 15 is 0 Å². The second kappa shape index (κ2) is 65.9. The number of fused-ring (bicyclic) bond motifs is 3. The molecule has 3 aliphatic heterocycles. The van der Waals surface area contributed by atoms with Crippen molar-refractivity contribution in [3.05, 3.63) is 215 Å². The van der Waals surface area contributed by atoms with Gasteiger partial charge in [-0.05, 0) is 235 Å². The van der Waals surface area contributed by atoms with Crippen LogP contribution in [0.2, 0.25) is 0 Å². The van der Waals surface area contributed by atoms with Crippen LogP contribution in [0, 0.1) is 53.3 Å². The molecule has 23 heteroatoms. The maximum absolute atomic E-state index is 11.4. The van der Waals surface area contributed by atoms with Crippen LogP contribution in [-0.2, 0) is 42.3 Å². The van der Waals surface area contributed by atoms with Crippen molar-refractivity contribution in [1.29, 1.82) is 2.67 Å². The number of rotatable bonds is 30. The molecule has 2 amide bonds. The van der Waals surface area contributed by atoms with E-state index in [0.717, 1.165) is 112 Å². The van der Waals surface area contributed by atoms with Gasteiger partial charge in [0, 0.05) is 102 Å². The standard InChI is InChI=1S/C15H23NO4.C15H25NO2.C13H21BO3S.C11H17N3.C11H17N.C10H15N3O.C10H15N.C10H14O.8CH4/c1-5-6-11-7-12(15(18)19)8-13(20-9(2)3)14(11)16-10(4)17;1-6-7-13-8-11(4)9-14(18-10(2)3)15(13)16-12(5)17;1-4-5-11-6-9(2)7-12(17-18-8-14)13(11)16-10(3)15;1-4-5-10-6-8(2)7-11(9(10)3)13-14-12;1-4-5-9-6-8(2)7-10-11(9)12(10)3;1-3-4-8-5-7(2)6-9(10(8)14)12-13-11;2*1-3-4-8-5-7(2)6-9-10(8)11-9;;;;;;;;/h5,7,9,11,13-14H,1,6,8H2,2-4H3,(H,16,17)(H,18,19);6,8,10,13-15H,1,7,9H2,2-5H3,(H,16,17);4,6,11-13H,1,5,7-8,14H2,2-3H3;4,6,9-11H,1,5,7H2,2-3H3;4,6,9-11H,1,5,7H2,2-3H3;3,5,8-10,14H,1,4,6H2,2H3;3,5,8-11H,1,4,6H2,2H3;3,5,8-10H,1,4,6H2,2H3;8*1H4/t11-,13+,14+;13-,14+,15+;11-,12+,13+;9-,10-,11-;9-,10-,11+,12?;8-,9-,10-;8-,9-,10+;8-,9+,10-;;;;;;;;/m00000000......../s1/i;;14TD;;;;;;;;;;;;;. The first kappa shape index (κ1) is 123. The Labute approximate surface area is 776 Å². The van der Waals surface area contributed by atoms with Gasteiger partial charge >= 0.3 is 11.9 Å². The molecule has 1 unspecified atom stereocenters. The van der Waals surface area contributed by atoms with E-state index < -0.39 is 19.8 Å². The Kier molecular flexibility index (Phi) is 64.2. The number of nitrogens with one attached hydrogen (secondary N) is 3. The van der Waals surface area contributed by atoms with Crippen molar-refractivity contribution in [3.8, 4) is 0 Å². The Morgan fingerprint density at radius 1 is 0.571 bits per heavy atom. The zero-order valence-electron chi connectivity index (χ0n) is 76.1. The molecule has 3 heterocycles. The molecule has 126 heavy (non-hydrogen) atoms. The third-order valence-electron chi connectivity index (χ3n) is 23.0. The molecule has 21 nitrogen and oxygen atoms in total. The van der Waals surface area contributed by atoms with E-state index in [1.807, 2.05) is 84.1 Å². The summed E-state index contributed by atoms with van der Waals surface area (Å²) in [5.41, 5.74) is 27.0. The molecule has 3 fully saturated rings. The summed E-state index contributed by atoms with van der Waals surface area (Å²) in [6.07, 6.45) is 46.9. The number of allylic oxidation sites excluding steroid dienone is 9. The lowest BCUT2D eigenvalue weighted by atomic mass is 9.77. The topological polar surface area (TPSA) is 305 Å². The van der Waals surface area contributed by atoms with Crippen LogP contribution in [0.25, 0.3) is 20.9 Å². The fourth-order valence-electron chi connectivity index (χ4n) is 17.8. The number of carboxylic acid groups (broad SMARTS) is 1. The lowest BCUT2D eigenvalue weighted by molar-refractivity contribution is -0.154. The van der Waals surface area contributed by atoms with E-state index in [1.165, 1.54) is 54.6 Å². The van der Waals surface area contributed by atoms with E-state index in [-0.39, 0.29) is 167 Å². The van der Waals surface area contributed by atoms with Crippen LogP contribution in [-0.4, -0.2) is 165 Å². The molecule has 0 spiro atoms. The zero-order valence-corrected chi connectivity index (χ0v) is 74.9. The largest absolute Gasteiger partial charge is 0.478 e. The van der Waals surface area contributed by atoms with Gasteiger partial charge in [-0.25, -0.2) is 4.79 Å². The number of hydrogen-bond donors (Lipinski definition) is 5. The number of aliphatic hydroxyl groups is 1. The quantitative estimate of drug-likeness (QED) is 0.00653. The molecule has 8 aliphatic carbocycles. The smallest absolute Gasteiger partial charge is 0.331 e. The number of carbonyl (C=O) groups is 4. The minimum atomic E-state index is -0.933. The van der Waals surface area contributed by atoms with Crippen LogP contribution in [0.3, 0.4) is 0 Å². The highest BCUT2D eigenvalue weighted by atomic mass is 32.2. The lowest BCUT2D eigenvalue weighted by Gasteiger charge is -2.37. The van der Waals surface area contributed by atoms with Crippen LogP contribution in [0.4, 0.5) is 0 Å². The molecule has 0 aromatic carbocycles. The number of azide groups is 2. The van der Waals surface area contributed by atoms with Gasteiger partial charge in [0.1, 0.15) is 20.0 Å². The van der Waals surface area contributed by atoms with Gasteiger partial charge in [0.05, 0.1) is 60.9 Å². The zero-order chi connectivity index (χ0) is 89.6. The molecular formula is C103H179BN10O11S. The minimum Gasteiger partial charge on any atom is -0.478 e. The summed E-state index contributed by atoms with van der Waals surface area (Å²) in [5, 5.41) is 35.9. The number of carbonyl (C=O) groups excluding carboxylic acids is 3. The molecule has 0 aromatic heterocycles. The summed E-state index contributed by atoms with van der Waals surface area (Å²) in [6.45, 7) is 59.3. The summed E-state index contributed by atoms with van der Waals surface area (Å²) in [7, 11) is 1.31. The number of hydrogen-bond acceptors (Lipinski definition) is 15. The number of likely N-dealkylation sites (N-methyl/N-ethyl adjacent to an activating group) is 1. The normalized spacial score (nSPS) is 30.6.